The van der Waals surface area contributed by atoms with Crippen LogP contribution >= 0.6 is 22.6 Å². The summed E-state index contributed by atoms with van der Waals surface area (Å²) in [5.41, 5.74) is 1.34. The molecule has 0 saturated heterocycles. The fourth-order valence-corrected chi connectivity index (χ4v) is 2.34. The van der Waals surface area contributed by atoms with Gasteiger partial charge in [0, 0.05) is 11.5 Å². The van der Waals surface area contributed by atoms with E-state index in [2.05, 4.69) is 27.6 Å². The number of benzene rings is 1. The number of esters is 1. The number of fused-ring (bicyclic) bond motifs is 1. The zero-order valence-electron chi connectivity index (χ0n) is 8.83. The van der Waals surface area contributed by atoms with E-state index in [0.717, 1.165) is 20.2 Å². The van der Waals surface area contributed by atoms with E-state index in [4.69, 9.17) is 9.47 Å². The number of ether oxygens (including phenoxy) is 2. The average Bonchev–Trinajstić information content (AvgIpc) is 2.65. The number of hydrogen-bond acceptors (Lipinski definition) is 3. The van der Waals surface area contributed by atoms with Gasteiger partial charge in [-0.1, -0.05) is 0 Å². The Morgan fingerprint density at radius 3 is 2.75 bits per heavy atom. The Balaban J connectivity index is 2.63. The molecule has 0 saturated carbocycles. The van der Waals surface area contributed by atoms with E-state index < -0.39 is 0 Å². The van der Waals surface area contributed by atoms with E-state index in [9.17, 15) is 4.79 Å². The smallest absolute Gasteiger partial charge is 0.355 e. The fraction of sp³-hybridized carbons (Fsp3) is 0.182. The molecule has 0 aliphatic rings. The molecule has 4 nitrogen and oxygen atoms in total. The molecule has 1 aromatic carbocycles. The number of hydrogen-bond donors (Lipinski definition) is 1. The van der Waals surface area contributed by atoms with Crippen molar-refractivity contribution in [1.82, 2.24) is 4.98 Å². The van der Waals surface area contributed by atoms with Gasteiger partial charge in [0.2, 0.25) is 0 Å². The maximum Gasteiger partial charge on any atom is 0.355 e. The predicted molar refractivity (Wildman–Crippen MR) is 68.9 cm³/mol. The topological polar surface area (TPSA) is 51.3 Å². The number of rotatable bonds is 2. The van der Waals surface area contributed by atoms with E-state index in [0.29, 0.717) is 5.69 Å². The zero-order valence-corrected chi connectivity index (χ0v) is 11.0. The first kappa shape index (κ1) is 11.3. The van der Waals surface area contributed by atoms with Gasteiger partial charge in [0.15, 0.2) is 0 Å². The van der Waals surface area contributed by atoms with Crippen molar-refractivity contribution in [2.75, 3.05) is 14.2 Å². The van der Waals surface area contributed by atoms with Gasteiger partial charge in [0.25, 0.3) is 0 Å². The van der Waals surface area contributed by atoms with Crippen molar-refractivity contribution in [3.05, 3.63) is 27.5 Å². The van der Waals surface area contributed by atoms with E-state index in [1.807, 2.05) is 18.2 Å². The van der Waals surface area contributed by atoms with E-state index in [1.54, 1.807) is 7.11 Å². The van der Waals surface area contributed by atoms with Crippen LogP contribution in [0.5, 0.6) is 5.75 Å². The van der Waals surface area contributed by atoms with Crippen LogP contribution < -0.4 is 4.74 Å². The first-order valence-corrected chi connectivity index (χ1v) is 5.68. The lowest BCUT2D eigenvalue weighted by atomic mass is 10.2. The molecule has 1 N–H and O–H groups in total. The molecule has 0 amide bonds. The summed E-state index contributed by atoms with van der Waals surface area (Å²) >= 11 is 2.12. The molecule has 0 unspecified atom stereocenters. The van der Waals surface area contributed by atoms with Crippen LogP contribution in [0.3, 0.4) is 0 Å². The number of H-pyrrole nitrogens is 1. The highest BCUT2D eigenvalue weighted by molar-refractivity contribution is 14.1. The number of carbonyl (C=O) groups is 1. The van der Waals surface area contributed by atoms with E-state index in [1.165, 1.54) is 7.11 Å². The molecule has 16 heavy (non-hydrogen) atoms. The van der Waals surface area contributed by atoms with Crippen LogP contribution in [0.2, 0.25) is 0 Å². The Morgan fingerprint density at radius 2 is 2.12 bits per heavy atom. The van der Waals surface area contributed by atoms with Crippen molar-refractivity contribution in [2.45, 2.75) is 0 Å². The van der Waals surface area contributed by atoms with E-state index >= 15 is 0 Å². The summed E-state index contributed by atoms with van der Waals surface area (Å²) in [6, 6.07) is 5.63. The fourth-order valence-electron chi connectivity index (χ4n) is 1.51. The SMILES string of the molecule is COC(=O)c1[nH]c2cc(OC)ccc2c1I. The largest absolute Gasteiger partial charge is 0.497 e. The Bertz CT molecular complexity index is 547. The third kappa shape index (κ3) is 1.75. The van der Waals surface area contributed by atoms with Crippen molar-refractivity contribution in [3.8, 4) is 5.75 Å². The first-order valence-electron chi connectivity index (χ1n) is 4.61. The molecule has 0 radical (unpaired) electrons. The third-order valence-corrected chi connectivity index (χ3v) is 3.45. The maximum absolute atomic E-state index is 11.5. The van der Waals surface area contributed by atoms with E-state index in [-0.39, 0.29) is 5.97 Å². The lowest BCUT2D eigenvalue weighted by molar-refractivity contribution is 0.0594. The second-order valence-corrected chi connectivity index (χ2v) is 4.30. The van der Waals surface area contributed by atoms with Crippen LogP contribution in [0.15, 0.2) is 18.2 Å². The van der Waals surface area contributed by atoms with Gasteiger partial charge in [-0.15, -0.1) is 0 Å². The summed E-state index contributed by atoms with van der Waals surface area (Å²) in [5.74, 6) is 0.390. The molecule has 0 bridgehead atoms. The molecule has 5 heteroatoms. The number of aromatic amines is 1. The van der Waals surface area contributed by atoms with Crippen LogP contribution in [-0.4, -0.2) is 25.2 Å². The first-order chi connectivity index (χ1) is 7.67. The highest BCUT2D eigenvalue weighted by Crippen LogP contribution is 2.27. The lowest BCUT2D eigenvalue weighted by Gasteiger charge is -1.97. The van der Waals surface area contributed by atoms with Crippen LogP contribution in [0, 0.1) is 3.57 Å². The van der Waals surface area contributed by atoms with Gasteiger partial charge >= 0.3 is 5.97 Å². The third-order valence-electron chi connectivity index (χ3n) is 2.33. The Hall–Kier alpha value is -1.24. The molecule has 1 heterocycles. The van der Waals surface area contributed by atoms with Gasteiger partial charge in [-0.05, 0) is 34.7 Å². The Kier molecular flexibility index (Phi) is 3.04. The number of methoxy groups -OCH3 is 2. The Morgan fingerprint density at radius 1 is 1.38 bits per heavy atom. The number of halogens is 1. The van der Waals surface area contributed by atoms with Crippen LogP contribution in [0.1, 0.15) is 10.5 Å². The summed E-state index contributed by atoms with van der Waals surface area (Å²) in [7, 11) is 2.97. The highest BCUT2D eigenvalue weighted by Gasteiger charge is 2.16. The molecule has 0 aliphatic carbocycles. The minimum Gasteiger partial charge on any atom is -0.497 e. The van der Waals surface area contributed by atoms with Gasteiger partial charge in [-0.25, -0.2) is 4.79 Å². The summed E-state index contributed by atoms with van der Waals surface area (Å²) in [4.78, 5) is 14.5. The van der Waals surface area contributed by atoms with Gasteiger partial charge < -0.3 is 14.5 Å². The van der Waals surface area contributed by atoms with Crippen molar-refractivity contribution < 1.29 is 14.3 Å². The number of aromatic nitrogens is 1. The average molecular weight is 331 g/mol. The normalized spacial score (nSPS) is 10.4. The lowest BCUT2D eigenvalue weighted by Crippen LogP contribution is -2.02. The molecule has 2 aromatic rings. The molecular formula is C11H10INO3. The van der Waals surface area contributed by atoms with Gasteiger partial charge in [-0.2, -0.15) is 0 Å². The summed E-state index contributed by atoms with van der Waals surface area (Å²) in [5, 5.41) is 0.988. The molecule has 0 fully saturated rings. The zero-order chi connectivity index (χ0) is 11.7. The van der Waals surface area contributed by atoms with Crippen molar-refractivity contribution in [2.24, 2.45) is 0 Å². The molecule has 2 rings (SSSR count). The molecule has 84 valence electrons. The Labute approximate surface area is 106 Å². The molecule has 0 spiro atoms. The molecular weight excluding hydrogens is 321 g/mol. The maximum atomic E-state index is 11.5. The van der Waals surface area contributed by atoms with Crippen molar-refractivity contribution in [1.29, 1.82) is 0 Å². The molecule has 0 aliphatic heterocycles. The number of carbonyl (C=O) groups excluding carboxylic acids is 1. The second kappa shape index (κ2) is 4.32. The van der Waals surface area contributed by atoms with Crippen molar-refractivity contribution >= 4 is 39.5 Å². The van der Waals surface area contributed by atoms with Gasteiger partial charge in [0.1, 0.15) is 11.4 Å². The second-order valence-electron chi connectivity index (χ2n) is 3.22. The van der Waals surface area contributed by atoms with Crippen LogP contribution in [-0.2, 0) is 4.74 Å². The van der Waals surface area contributed by atoms with Crippen LogP contribution in [0.4, 0.5) is 0 Å². The minimum absolute atomic E-state index is 0.362. The van der Waals surface area contributed by atoms with Gasteiger partial charge in [0.05, 0.1) is 23.3 Å². The van der Waals surface area contributed by atoms with Crippen molar-refractivity contribution in [3.63, 3.8) is 0 Å². The summed E-state index contributed by atoms with van der Waals surface area (Å²) in [6.45, 7) is 0. The molecule has 1 aromatic heterocycles. The number of nitrogens with one attached hydrogen (secondary N) is 1. The summed E-state index contributed by atoms with van der Waals surface area (Å²) < 4.78 is 10.7. The molecule has 0 atom stereocenters. The van der Waals surface area contributed by atoms with Gasteiger partial charge in [-0.3, -0.25) is 0 Å². The summed E-state index contributed by atoms with van der Waals surface area (Å²) in [6.07, 6.45) is 0. The highest BCUT2D eigenvalue weighted by atomic mass is 127. The monoisotopic (exact) mass is 331 g/mol. The predicted octanol–water partition coefficient (Wildman–Crippen LogP) is 2.57. The minimum atomic E-state index is -0.362. The quantitative estimate of drug-likeness (QED) is 0.680. The van der Waals surface area contributed by atoms with Crippen LogP contribution in [0.25, 0.3) is 10.9 Å². The standard InChI is InChI=1S/C11H10INO3/c1-15-6-3-4-7-8(5-6)13-10(9(7)12)11(14)16-2/h3-5,13H,1-2H3.